The monoisotopic (exact) mass is 231 g/mol. The number of carbonyl (C=O) groups excluding carboxylic acids is 1. The highest BCUT2D eigenvalue weighted by molar-refractivity contribution is 6.19. The van der Waals surface area contributed by atoms with Crippen LogP contribution in [-0.2, 0) is 4.79 Å². The minimum absolute atomic E-state index is 0.0480. The standard InChI is InChI=1S/C13H17N3O/c1-4-16-12(17)13(2,3)11(15-16)9-5-7-10(14)8-6-9/h5-8H,4,14H2,1-3H3. The summed E-state index contributed by atoms with van der Waals surface area (Å²) in [6.45, 7) is 6.32. The lowest BCUT2D eigenvalue weighted by Crippen LogP contribution is -2.34. The molecule has 0 bridgehead atoms. The van der Waals surface area contributed by atoms with Crippen molar-refractivity contribution in [3.05, 3.63) is 29.8 Å². The lowest BCUT2D eigenvalue weighted by molar-refractivity contribution is -0.134. The van der Waals surface area contributed by atoms with Crippen molar-refractivity contribution in [2.75, 3.05) is 12.3 Å². The normalized spacial score (nSPS) is 18.4. The summed E-state index contributed by atoms with van der Waals surface area (Å²) in [5.74, 6) is 0.0480. The minimum Gasteiger partial charge on any atom is -0.399 e. The number of amides is 1. The van der Waals surface area contributed by atoms with Gasteiger partial charge < -0.3 is 5.73 Å². The topological polar surface area (TPSA) is 58.7 Å². The van der Waals surface area contributed by atoms with Crippen LogP contribution in [-0.4, -0.2) is 23.2 Å². The van der Waals surface area contributed by atoms with Crippen LogP contribution in [0.4, 0.5) is 5.69 Å². The molecule has 4 heteroatoms. The van der Waals surface area contributed by atoms with Gasteiger partial charge in [-0.2, -0.15) is 5.10 Å². The van der Waals surface area contributed by atoms with Crippen molar-refractivity contribution in [1.82, 2.24) is 5.01 Å². The fraction of sp³-hybridized carbons (Fsp3) is 0.385. The predicted octanol–water partition coefficient (Wildman–Crippen LogP) is 1.86. The molecular formula is C13H17N3O. The molecule has 1 aliphatic heterocycles. The first-order valence-electron chi connectivity index (χ1n) is 5.73. The van der Waals surface area contributed by atoms with Crippen LogP contribution in [0.2, 0.25) is 0 Å². The molecule has 0 saturated carbocycles. The van der Waals surface area contributed by atoms with Gasteiger partial charge in [0.1, 0.15) is 0 Å². The van der Waals surface area contributed by atoms with Crippen LogP contribution in [0.15, 0.2) is 29.4 Å². The van der Waals surface area contributed by atoms with E-state index in [0.29, 0.717) is 12.2 Å². The highest BCUT2D eigenvalue weighted by Crippen LogP contribution is 2.31. The number of hydrazone groups is 1. The molecule has 1 aromatic rings. The Bertz CT molecular complexity index is 474. The van der Waals surface area contributed by atoms with Crippen molar-refractivity contribution in [3.8, 4) is 0 Å². The van der Waals surface area contributed by atoms with E-state index in [1.54, 1.807) is 0 Å². The van der Waals surface area contributed by atoms with Crippen LogP contribution in [0.25, 0.3) is 0 Å². The van der Waals surface area contributed by atoms with E-state index in [0.717, 1.165) is 11.3 Å². The second-order valence-corrected chi connectivity index (χ2v) is 4.72. The van der Waals surface area contributed by atoms with E-state index in [-0.39, 0.29) is 5.91 Å². The number of rotatable bonds is 2. The van der Waals surface area contributed by atoms with Gasteiger partial charge in [-0.25, -0.2) is 5.01 Å². The first-order chi connectivity index (χ1) is 7.96. The number of nitrogen functional groups attached to an aromatic ring is 1. The number of hydrogen-bond acceptors (Lipinski definition) is 3. The Morgan fingerprint density at radius 2 is 1.88 bits per heavy atom. The molecule has 1 heterocycles. The van der Waals surface area contributed by atoms with Crippen LogP contribution in [0, 0.1) is 5.41 Å². The van der Waals surface area contributed by atoms with E-state index < -0.39 is 5.41 Å². The van der Waals surface area contributed by atoms with Gasteiger partial charge in [0, 0.05) is 12.2 Å². The molecule has 1 aliphatic rings. The van der Waals surface area contributed by atoms with Crippen molar-refractivity contribution in [1.29, 1.82) is 0 Å². The van der Waals surface area contributed by atoms with E-state index in [4.69, 9.17) is 5.73 Å². The van der Waals surface area contributed by atoms with Gasteiger partial charge >= 0.3 is 0 Å². The summed E-state index contributed by atoms with van der Waals surface area (Å²) in [6, 6.07) is 7.46. The molecule has 2 N–H and O–H groups in total. The molecular weight excluding hydrogens is 214 g/mol. The van der Waals surface area contributed by atoms with Gasteiger partial charge in [-0.3, -0.25) is 4.79 Å². The predicted molar refractivity (Wildman–Crippen MR) is 68.6 cm³/mol. The van der Waals surface area contributed by atoms with E-state index in [2.05, 4.69) is 5.10 Å². The fourth-order valence-electron chi connectivity index (χ4n) is 1.99. The molecule has 0 fully saturated rings. The zero-order valence-corrected chi connectivity index (χ0v) is 10.4. The molecule has 0 saturated heterocycles. The third kappa shape index (κ3) is 1.79. The highest BCUT2D eigenvalue weighted by Gasteiger charge is 2.43. The van der Waals surface area contributed by atoms with Crippen LogP contribution in [0.3, 0.4) is 0 Å². The number of hydrogen-bond donors (Lipinski definition) is 1. The summed E-state index contributed by atoms with van der Waals surface area (Å²) in [4.78, 5) is 12.1. The molecule has 2 rings (SSSR count). The summed E-state index contributed by atoms with van der Waals surface area (Å²) < 4.78 is 0. The van der Waals surface area contributed by atoms with Gasteiger partial charge in [0.05, 0.1) is 11.1 Å². The molecule has 1 amide bonds. The number of nitrogens with two attached hydrogens (primary N) is 1. The van der Waals surface area contributed by atoms with Crippen LogP contribution in [0.5, 0.6) is 0 Å². The van der Waals surface area contributed by atoms with Crippen molar-refractivity contribution in [2.45, 2.75) is 20.8 Å². The minimum atomic E-state index is -0.563. The largest absolute Gasteiger partial charge is 0.399 e. The quantitative estimate of drug-likeness (QED) is 0.790. The van der Waals surface area contributed by atoms with Gasteiger partial charge in [0.15, 0.2) is 0 Å². The third-order valence-corrected chi connectivity index (χ3v) is 3.07. The van der Waals surface area contributed by atoms with Crippen LogP contribution >= 0.6 is 0 Å². The Kier molecular flexibility index (Phi) is 2.65. The summed E-state index contributed by atoms with van der Waals surface area (Å²) in [6.07, 6.45) is 0. The van der Waals surface area contributed by atoms with Crippen LogP contribution in [0.1, 0.15) is 26.3 Å². The molecule has 0 spiro atoms. The Morgan fingerprint density at radius 3 is 2.35 bits per heavy atom. The smallest absolute Gasteiger partial charge is 0.254 e. The molecule has 0 aliphatic carbocycles. The molecule has 90 valence electrons. The Morgan fingerprint density at radius 1 is 1.29 bits per heavy atom. The number of benzene rings is 1. The van der Waals surface area contributed by atoms with Gasteiger partial charge in [-0.1, -0.05) is 12.1 Å². The second-order valence-electron chi connectivity index (χ2n) is 4.72. The average Bonchev–Trinajstić information content (AvgIpc) is 2.53. The number of anilines is 1. The maximum atomic E-state index is 12.1. The first kappa shape index (κ1) is 11.6. The molecule has 0 aromatic heterocycles. The second kappa shape index (κ2) is 3.87. The maximum Gasteiger partial charge on any atom is 0.254 e. The van der Waals surface area contributed by atoms with Crippen molar-refractivity contribution in [2.24, 2.45) is 10.5 Å². The van der Waals surface area contributed by atoms with E-state index in [1.807, 2.05) is 45.0 Å². The fourth-order valence-corrected chi connectivity index (χ4v) is 1.99. The molecule has 17 heavy (non-hydrogen) atoms. The van der Waals surface area contributed by atoms with Gasteiger partial charge in [-0.05, 0) is 38.5 Å². The van der Waals surface area contributed by atoms with Crippen LogP contribution < -0.4 is 5.73 Å². The zero-order valence-electron chi connectivity index (χ0n) is 10.4. The summed E-state index contributed by atoms with van der Waals surface area (Å²) in [7, 11) is 0. The van der Waals surface area contributed by atoms with Gasteiger partial charge in [0.25, 0.3) is 5.91 Å². The molecule has 4 nitrogen and oxygen atoms in total. The zero-order chi connectivity index (χ0) is 12.6. The van der Waals surface area contributed by atoms with Gasteiger partial charge in [-0.15, -0.1) is 0 Å². The SMILES string of the molecule is CCN1N=C(c2ccc(N)cc2)C(C)(C)C1=O. The Labute approximate surface area is 101 Å². The molecule has 0 unspecified atom stereocenters. The highest BCUT2D eigenvalue weighted by atomic mass is 16.2. The lowest BCUT2D eigenvalue weighted by Gasteiger charge is -2.18. The summed E-state index contributed by atoms with van der Waals surface area (Å²) in [5, 5.41) is 5.92. The summed E-state index contributed by atoms with van der Waals surface area (Å²) in [5.41, 5.74) is 7.57. The maximum absolute atomic E-state index is 12.1. The average molecular weight is 231 g/mol. The van der Waals surface area contributed by atoms with E-state index in [1.165, 1.54) is 5.01 Å². The summed E-state index contributed by atoms with van der Waals surface area (Å²) >= 11 is 0. The van der Waals surface area contributed by atoms with Gasteiger partial charge in [0.2, 0.25) is 0 Å². The number of carbonyl (C=O) groups is 1. The van der Waals surface area contributed by atoms with E-state index in [9.17, 15) is 4.79 Å². The first-order valence-corrected chi connectivity index (χ1v) is 5.73. The molecule has 0 atom stereocenters. The van der Waals surface area contributed by atoms with Crippen molar-refractivity contribution < 1.29 is 4.79 Å². The van der Waals surface area contributed by atoms with Crippen molar-refractivity contribution in [3.63, 3.8) is 0 Å². The lowest BCUT2D eigenvalue weighted by atomic mass is 9.83. The van der Waals surface area contributed by atoms with E-state index >= 15 is 0 Å². The number of nitrogens with zero attached hydrogens (tertiary/aromatic N) is 2. The Hall–Kier alpha value is -1.84. The third-order valence-electron chi connectivity index (χ3n) is 3.07. The molecule has 1 aromatic carbocycles. The Balaban J connectivity index is 2.44. The molecule has 0 radical (unpaired) electrons. The van der Waals surface area contributed by atoms with Crippen molar-refractivity contribution >= 4 is 17.3 Å².